The van der Waals surface area contributed by atoms with Crippen LogP contribution in [0.2, 0.25) is 0 Å². The first-order chi connectivity index (χ1) is 5.95. The predicted molar refractivity (Wildman–Crippen MR) is 44.7 cm³/mol. The smallest absolute Gasteiger partial charge is 0.260 e. The second-order valence-corrected chi connectivity index (χ2v) is 4.29. The van der Waals surface area contributed by atoms with E-state index in [2.05, 4.69) is 0 Å². The molecule has 0 aromatic rings. The van der Waals surface area contributed by atoms with Crippen LogP contribution >= 0.6 is 0 Å². The molecule has 0 N–H and O–H groups in total. The highest BCUT2D eigenvalue weighted by Gasteiger charge is 2.55. The minimum Gasteiger partial charge on any atom is -0.354 e. The number of hydrogen-bond acceptors (Lipinski definition) is 2. The van der Waals surface area contributed by atoms with E-state index >= 15 is 0 Å². The van der Waals surface area contributed by atoms with Gasteiger partial charge in [0, 0.05) is 5.92 Å². The molecule has 0 bridgehead atoms. The van der Waals surface area contributed by atoms with Gasteiger partial charge < -0.3 is 9.64 Å². The van der Waals surface area contributed by atoms with E-state index in [4.69, 9.17) is 4.74 Å². The van der Waals surface area contributed by atoms with E-state index in [1.54, 1.807) is 25.7 Å². The Labute approximate surface area is 76.8 Å². The molecule has 0 saturated carbocycles. The van der Waals surface area contributed by atoms with Crippen molar-refractivity contribution in [3.8, 4) is 0 Å². The molecule has 2 saturated heterocycles. The van der Waals surface area contributed by atoms with Crippen molar-refractivity contribution < 1.29 is 13.9 Å². The third-order valence-electron chi connectivity index (χ3n) is 3.06. The third kappa shape index (κ3) is 1.01. The molecule has 3 nitrogen and oxygen atoms in total. The molecular formula is C9H14FNO2. The quantitative estimate of drug-likeness (QED) is 0.564. The largest absolute Gasteiger partial charge is 0.354 e. The number of carbonyl (C=O) groups excluding carboxylic acids is 1. The summed E-state index contributed by atoms with van der Waals surface area (Å²) in [5.74, 6) is -0.658. The van der Waals surface area contributed by atoms with Gasteiger partial charge >= 0.3 is 0 Å². The zero-order chi connectivity index (χ0) is 9.80. The number of ether oxygens (including phenoxy) is 1. The number of hydrogen-bond donors (Lipinski definition) is 0. The van der Waals surface area contributed by atoms with Gasteiger partial charge in [-0.25, -0.2) is 4.39 Å². The lowest BCUT2D eigenvalue weighted by Crippen LogP contribution is -2.44. The molecule has 2 aliphatic rings. The summed E-state index contributed by atoms with van der Waals surface area (Å²) in [6, 6.07) is -0.0718. The van der Waals surface area contributed by atoms with Crippen LogP contribution in [0.3, 0.4) is 0 Å². The molecule has 13 heavy (non-hydrogen) atoms. The van der Waals surface area contributed by atoms with E-state index in [-0.39, 0.29) is 12.0 Å². The summed E-state index contributed by atoms with van der Waals surface area (Å²) in [7, 11) is 0. The van der Waals surface area contributed by atoms with Crippen LogP contribution < -0.4 is 0 Å². The summed E-state index contributed by atoms with van der Waals surface area (Å²) in [4.78, 5) is 13.0. The van der Waals surface area contributed by atoms with E-state index in [0.29, 0.717) is 6.61 Å². The second-order valence-electron chi connectivity index (χ2n) is 4.29. The van der Waals surface area contributed by atoms with Crippen LogP contribution in [0.4, 0.5) is 4.39 Å². The summed E-state index contributed by atoms with van der Waals surface area (Å²) in [6.45, 7) is 5.82. The van der Waals surface area contributed by atoms with Crippen LogP contribution in [0.15, 0.2) is 0 Å². The summed E-state index contributed by atoms with van der Waals surface area (Å²) >= 11 is 0. The summed E-state index contributed by atoms with van der Waals surface area (Å²) in [6.07, 6.45) is -1.34. The Kier molecular flexibility index (Phi) is 1.68. The van der Waals surface area contributed by atoms with Crippen molar-refractivity contribution >= 4 is 5.91 Å². The molecule has 1 amide bonds. The standard InChI is InChI=1S/C9H14FNO2/c1-5-6-4-13-9(2,3)11(6)8(12)7(5)10/h5-7H,4H2,1-3H3. The van der Waals surface area contributed by atoms with Crippen LogP contribution in [0, 0.1) is 5.92 Å². The van der Waals surface area contributed by atoms with Gasteiger partial charge in [0.05, 0.1) is 12.6 Å². The molecule has 0 aliphatic carbocycles. The topological polar surface area (TPSA) is 29.5 Å². The van der Waals surface area contributed by atoms with E-state index in [1.807, 2.05) is 0 Å². The molecule has 2 aliphatic heterocycles. The third-order valence-corrected chi connectivity index (χ3v) is 3.06. The van der Waals surface area contributed by atoms with E-state index in [0.717, 1.165) is 0 Å². The fraction of sp³-hybridized carbons (Fsp3) is 0.889. The SMILES string of the molecule is CC1C(F)C(=O)N2C1COC2(C)C. The highest BCUT2D eigenvalue weighted by molar-refractivity contribution is 5.85. The van der Waals surface area contributed by atoms with Crippen LogP contribution in [0.25, 0.3) is 0 Å². The minimum atomic E-state index is -1.34. The Bertz CT molecular complexity index is 254. The Morgan fingerprint density at radius 3 is 2.77 bits per heavy atom. The molecule has 4 heteroatoms. The van der Waals surface area contributed by atoms with E-state index in [9.17, 15) is 9.18 Å². The van der Waals surface area contributed by atoms with Gasteiger partial charge in [-0.15, -0.1) is 0 Å². The number of fused-ring (bicyclic) bond motifs is 1. The molecule has 0 radical (unpaired) electrons. The Morgan fingerprint density at radius 2 is 2.23 bits per heavy atom. The number of nitrogens with zero attached hydrogens (tertiary/aromatic N) is 1. The molecule has 2 heterocycles. The molecule has 3 atom stereocenters. The van der Waals surface area contributed by atoms with Crippen molar-refractivity contribution in [3.05, 3.63) is 0 Å². The van der Waals surface area contributed by atoms with Crippen molar-refractivity contribution in [2.24, 2.45) is 5.92 Å². The van der Waals surface area contributed by atoms with E-state index in [1.165, 1.54) is 0 Å². The average molecular weight is 187 g/mol. The maximum absolute atomic E-state index is 13.3. The molecule has 74 valence electrons. The first kappa shape index (κ1) is 8.94. The number of carbonyl (C=O) groups is 1. The fourth-order valence-electron chi connectivity index (χ4n) is 2.20. The molecule has 3 unspecified atom stereocenters. The van der Waals surface area contributed by atoms with Gasteiger partial charge in [0.25, 0.3) is 5.91 Å². The zero-order valence-electron chi connectivity index (χ0n) is 8.08. The number of rotatable bonds is 0. The van der Waals surface area contributed by atoms with Crippen molar-refractivity contribution in [2.75, 3.05) is 6.61 Å². The minimum absolute atomic E-state index is 0.0718. The number of halogens is 1. The molecule has 0 spiro atoms. The summed E-state index contributed by atoms with van der Waals surface area (Å²) in [5, 5.41) is 0. The second kappa shape index (κ2) is 2.44. The summed E-state index contributed by atoms with van der Waals surface area (Å²) in [5.41, 5.74) is -0.628. The average Bonchev–Trinajstić information content (AvgIpc) is 2.46. The van der Waals surface area contributed by atoms with Crippen LogP contribution in [-0.2, 0) is 9.53 Å². The van der Waals surface area contributed by atoms with Gasteiger partial charge in [0.15, 0.2) is 6.17 Å². The maximum Gasteiger partial charge on any atom is 0.260 e. The summed E-state index contributed by atoms with van der Waals surface area (Å²) < 4.78 is 18.8. The highest BCUT2D eigenvalue weighted by Crippen LogP contribution is 2.39. The van der Waals surface area contributed by atoms with Gasteiger partial charge in [0.2, 0.25) is 0 Å². The van der Waals surface area contributed by atoms with Crippen molar-refractivity contribution in [2.45, 2.75) is 38.7 Å². The maximum atomic E-state index is 13.3. The molecule has 0 aromatic heterocycles. The first-order valence-corrected chi connectivity index (χ1v) is 4.56. The van der Waals surface area contributed by atoms with Crippen LogP contribution in [0.5, 0.6) is 0 Å². The van der Waals surface area contributed by atoms with Crippen LogP contribution in [-0.4, -0.2) is 35.4 Å². The normalized spacial score (nSPS) is 42.6. The van der Waals surface area contributed by atoms with Crippen LogP contribution in [0.1, 0.15) is 20.8 Å². The van der Waals surface area contributed by atoms with Crippen molar-refractivity contribution in [1.82, 2.24) is 4.90 Å². The van der Waals surface area contributed by atoms with Gasteiger partial charge in [0.1, 0.15) is 5.72 Å². The van der Waals surface area contributed by atoms with Gasteiger partial charge in [-0.1, -0.05) is 6.92 Å². The first-order valence-electron chi connectivity index (χ1n) is 4.56. The lowest BCUT2D eigenvalue weighted by Gasteiger charge is -2.29. The highest BCUT2D eigenvalue weighted by atomic mass is 19.1. The molecule has 2 rings (SSSR count). The van der Waals surface area contributed by atoms with Gasteiger partial charge in [-0.2, -0.15) is 0 Å². The molecular weight excluding hydrogens is 173 g/mol. The number of alkyl halides is 1. The fourth-order valence-corrected chi connectivity index (χ4v) is 2.20. The molecule has 0 aromatic carbocycles. The van der Waals surface area contributed by atoms with Crippen molar-refractivity contribution in [1.29, 1.82) is 0 Å². The van der Waals surface area contributed by atoms with E-state index < -0.39 is 17.8 Å². The Balaban J connectivity index is 2.33. The Morgan fingerprint density at radius 1 is 1.62 bits per heavy atom. The lowest BCUT2D eigenvalue weighted by atomic mass is 10.0. The van der Waals surface area contributed by atoms with Gasteiger partial charge in [-0.05, 0) is 13.8 Å². The molecule has 2 fully saturated rings. The number of amides is 1. The van der Waals surface area contributed by atoms with Crippen molar-refractivity contribution in [3.63, 3.8) is 0 Å². The monoisotopic (exact) mass is 187 g/mol. The zero-order valence-corrected chi connectivity index (χ0v) is 8.08. The lowest BCUT2D eigenvalue weighted by molar-refractivity contribution is -0.145. The van der Waals surface area contributed by atoms with Gasteiger partial charge in [-0.3, -0.25) is 4.79 Å². The predicted octanol–water partition coefficient (Wildman–Crippen LogP) is 0.938. The Hall–Kier alpha value is -0.640.